The maximum absolute atomic E-state index is 12.2. The molecule has 0 aromatic heterocycles. The Labute approximate surface area is 127 Å². The number of carbonyl (C=O) groups excluding carboxylic acids is 1. The van der Waals surface area contributed by atoms with E-state index in [0.717, 1.165) is 21.4 Å². The lowest BCUT2D eigenvalue weighted by Gasteiger charge is -2.16. The Bertz CT molecular complexity index is 596. The summed E-state index contributed by atoms with van der Waals surface area (Å²) in [6.45, 7) is 3.82. The highest BCUT2D eigenvalue weighted by molar-refractivity contribution is 9.10. The van der Waals surface area contributed by atoms with Crippen LogP contribution >= 0.6 is 15.9 Å². The van der Waals surface area contributed by atoms with Gasteiger partial charge in [0.2, 0.25) is 5.91 Å². The second-order valence-corrected chi connectivity index (χ2v) is 5.59. The van der Waals surface area contributed by atoms with Crippen LogP contribution in [0.15, 0.2) is 53.0 Å². The van der Waals surface area contributed by atoms with Gasteiger partial charge in [-0.3, -0.25) is 4.79 Å². The van der Waals surface area contributed by atoms with Gasteiger partial charge in [-0.15, -0.1) is 0 Å². The number of benzene rings is 2. The molecule has 2 aromatic carbocycles. The molecule has 0 aliphatic carbocycles. The van der Waals surface area contributed by atoms with Crippen LogP contribution in [0.1, 0.15) is 12.5 Å². The summed E-state index contributed by atoms with van der Waals surface area (Å²) in [6.07, 6.45) is 0. The molecule has 0 bridgehead atoms. The number of carbonyl (C=O) groups is 1. The van der Waals surface area contributed by atoms with E-state index in [1.807, 2.05) is 62.4 Å². The minimum Gasteiger partial charge on any atom is -0.374 e. The molecule has 0 saturated carbocycles. The van der Waals surface area contributed by atoms with Crippen LogP contribution in [0.3, 0.4) is 0 Å². The van der Waals surface area contributed by atoms with Crippen LogP contribution in [-0.4, -0.2) is 11.9 Å². The van der Waals surface area contributed by atoms with Gasteiger partial charge in [0.25, 0.3) is 0 Å². The number of hydrogen-bond donors (Lipinski definition) is 2. The molecule has 1 atom stereocenters. The van der Waals surface area contributed by atoms with E-state index in [-0.39, 0.29) is 11.9 Å². The fourth-order valence-corrected chi connectivity index (χ4v) is 2.08. The molecular weight excluding hydrogens is 316 g/mol. The number of anilines is 2. The van der Waals surface area contributed by atoms with Crippen molar-refractivity contribution in [2.45, 2.75) is 19.9 Å². The van der Waals surface area contributed by atoms with Gasteiger partial charge in [0.1, 0.15) is 6.04 Å². The monoisotopic (exact) mass is 332 g/mol. The number of para-hydroxylation sites is 1. The van der Waals surface area contributed by atoms with Crippen molar-refractivity contribution < 1.29 is 4.79 Å². The van der Waals surface area contributed by atoms with E-state index in [1.165, 1.54) is 0 Å². The van der Waals surface area contributed by atoms with Gasteiger partial charge in [0.15, 0.2) is 0 Å². The summed E-state index contributed by atoms with van der Waals surface area (Å²) in [6, 6.07) is 15.2. The molecule has 1 amide bonds. The van der Waals surface area contributed by atoms with Crippen molar-refractivity contribution in [3.63, 3.8) is 0 Å². The van der Waals surface area contributed by atoms with Crippen LogP contribution in [0, 0.1) is 6.92 Å². The lowest BCUT2D eigenvalue weighted by atomic mass is 10.2. The van der Waals surface area contributed by atoms with Gasteiger partial charge in [-0.1, -0.05) is 34.1 Å². The number of amides is 1. The van der Waals surface area contributed by atoms with E-state index >= 15 is 0 Å². The van der Waals surface area contributed by atoms with Crippen molar-refractivity contribution in [3.05, 3.63) is 58.6 Å². The molecule has 2 aromatic rings. The van der Waals surface area contributed by atoms with Crippen LogP contribution in [0.25, 0.3) is 0 Å². The Balaban J connectivity index is 1.99. The largest absolute Gasteiger partial charge is 0.374 e. The second kappa shape index (κ2) is 6.57. The summed E-state index contributed by atoms with van der Waals surface area (Å²) in [7, 11) is 0. The Morgan fingerprint density at radius 2 is 1.75 bits per heavy atom. The van der Waals surface area contributed by atoms with E-state index in [2.05, 4.69) is 26.6 Å². The average Bonchev–Trinajstić information content (AvgIpc) is 2.44. The van der Waals surface area contributed by atoms with E-state index in [4.69, 9.17) is 0 Å². The van der Waals surface area contributed by atoms with Crippen LogP contribution in [0.5, 0.6) is 0 Å². The highest BCUT2D eigenvalue weighted by Gasteiger charge is 2.13. The number of nitrogens with one attached hydrogen (secondary N) is 2. The first-order chi connectivity index (χ1) is 9.56. The van der Waals surface area contributed by atoms with E-state index in [1.54, 1.807) is 0 Å². The van der Waals surface area contributed by atoms with Crippen molar-refractivity contribution in [2.75, 3.05) is 10.6 Å². The fraction of sp³-hybridized carbons (Fsp3) is 0.188. The van der Waals surface area contributed by atoms with Gasteiger partial charge in [0, 0.05) is 15.8 Å². The first kappa shape index (κ1) is 14.6. The van der Waals surface area contributed by atoms with Gasteiger partial charge in [-0.2, -0.15) is 0 Å². The van der Waals surface area contributed by atoms with Crippen molar-refractivity contribution >= 4 is 33.2 Å². The topological polar surface area (TPSA) is 41.1 Å². The van der Waals surface area contributed by atoms with Crippen LogP contribution in [0.4, 0.5) is 11.4 Å². The van der Waals surface area contributed by atoms with Gasteiger partial charge in [-0.05, 0) is 49.7 Å². The van der Waals surface area contributed by atoms with Gasteiger partial charge in [0.05, 0.1) is 0 Å². The standard InChI is InChI=1S/C16H17BrN2O/c1-11-5-3-4-6-15(11)19-16(20)12(2)18-14-9-7-13(17)8-10-14/h3-10,12,18H,1-2H3,(H,19,20)/t12-/m1/s1. The molecule has 2 rings (SSSR count). The lowest BCUT2D eigenvalue weighted by molar-refractivity contribution is -0.116. The normalized spacial score (nSPS) is 11.8. The Hall–Kier alpha value is -1.81. The summed E-state index contributed by atoms with van der Waals surface area (Å²) in [5.41, 5.74) is 2.82. The van der Waals surface area contributed by atoms with Crippen LogP contribution in [0.2, 0.25) is 0 Å². The van der Waals surface area contributed by atoms with Crippen molar-refractivity contribution in [1.82, 2.24) is 0 Å². The zero-order chi connectivity index (χ0) is 14.5. The zero-order valence-electron chi connectivity index (χ0n) is 11.5. The Morgan fingerprint density at radius 3 is 2.40 bits per heavy atom. The maximum atomic E-state index is 12.2. The Morgan fingerprint density at radius 1 is 1.10 bits per heavy atom. The molecule has 0 aliphatic heterocycles. The minimum absolute atomic E-state index is 0.0535. The summed E-state index contributed by atoms with van der Waals surface area (Å²) >= 11 is 3.39. The predicted molar refractivity (Wildman–Crippen MR) is 87.0 cm³/mol. The van der Waals surface area contributed by atoms with Crippen molar-refractivity contribution in [1.29, 1.82) is 0 Å². The molecule has 0 aliphatic rings. The Kier molecular flexibility index (Phi) is 4.79. The molecule has 0 radical (unpaired) electrons. The molecule has 104 valence electrons. The average molecular weight is 333 g/mol. The molecule has 0 unspecified atom stereocenters. The molecule has 20 heavy (non-hydrogen) atoms. The molecule has 4 heteroatoms. The smallest absolute Gasteiger partial charge is 0.246 e. The van der Waals surface area contributed by atoms with Gasteiger partial charge in [-0.25, -0.2) is 0 Å². The van der Waals surface area contributed by atoms with Gasteiger partial charge >= 0.3 is 0 Å². The van der Waals surface area contributed by atoms with E-state index in [0.29, 0.717) is 0 Å². The second-order valence-electron chi connectivity index (χ2n) is 4.68. The fourth-order valence-electron chi connectivity index (χ4n) is 1.82. The van der Waals surface area contributed by atoms with Crippen molar-refractivity contribution in [3.8, 4) is 0 Å². The van der Waals surface area contributed by atoms with Crippen LogP contribution < -0.4 is 10.6 Å². The molecule has 0 fully saturated rings. The van der Waals surface area contributed by atoms with E-state index < -0.39 is 0 Å². The number of halogens is 1. The predicted octanol–water partition coefficient (Wildman–Crippen LogP) is 4.20. The van der Waals surface area contributed by atoms with Gasteiger partial charge < -0.3 is 10.6 Å². The molecule has 3 nitrogen and oxygen atoms in total. The van der Waals surface area contributed by atoms with Crippen LogP contribution in [-0.2, 0) is 4.79 Å². The third kappa shape index (κ3) is 3.84. The summed E-state index contributed by atoms with van der Waals surface area (Å²) in [5.74, 6) is -0.0535. The lowest BCUT2D eigenvalue weighted by Crippen LogP contribution is -2.32. The number of aryl methyl sites for hydroxylation is 1. The number of hydrogen-bond acceptors (Lipinski definition) is 2. The molecule has 0 saturated heterocycles. The summed E-state index contributed by atoms with van der Waals surface area (Å²) in [5, 5.41) is 6.11. The maximum Gasteiger partial charge on any atom is 0.246 e. The third-order valence-corrected chi connectivity index (χ3v) is 3.55. The zero-order valence-corrected chi connectivity index (χ0v) is 13.1. The quantitative estimate of drug-likeness (QED) is 0.881. The molecule has 0 spiro atoms. The van der Waals surface area contributed by atoms with E-state index in [9.17, 15) is 4.79 Å². The molecule has 2 N–H and O–H groups in total. The molecule has 0 heterocycles. The first-order valence-corrected chi connectivity index (χ1v) is 7.24. The molecular formula is C16H17BrN2O. The first-order valence-electron chi connectivity index (χ1n) is 6.45. The highest BCUT2D eigenvalue weighted by Crippen LogP contribution is 2.16. The minimum atomic E-state index is -0.309. The summed E-state index contributed by atoms with van der Waals surface area (Å²) in [4.78, 5) is 12.2. The highest BCUT2D eigenvalue weighted by atomic mass is 79.9. The SMILES string of the molecule is Cc1ccccc1NC(=O)[C@@H](C)Nc1ccc(Br)cc1. The third-order valence-electron chi connectivity index (χ3n) is 3.02. The van der Waals surface area contributed by atoms with Crippen molar-refractivity contribution in [2.24, 2.45) is 0 Å². The summed E-state index contributed by atoms with van der Waals surface area (Å²) < 4.78 is 1.01. The number of rotatable bonds is 4.